The molecule has 3 N–H and O–H groups in total. The van der Waals surface area contributed by atoms with Crippen LogP contribution in [0, 0.1) is 0 Å². The molecule has 3 aromatic heterocycles. The fourth-order valence-corrected chi connectivity index (χ4v) is 3.25. The SMILES string of the molecule is c1nc(N[C@H]2CNCc3ncsc32)c2cc[nH]c2n1. The lowest BCUT2D eigenvalue weighted by Gasteiger charge is -2.24. The molecule has 0 amide bonds. The maximum absolute atomic E-state index is 4.38. The number of fused-ring (bicyclic) bond motifs is 2. The molecule has 3 aromatic rings. The van der Waals surface area contributed by atoms with Crippen molar-refractivity contribution < 1.29 is 0 Å². The number of rotatable bonds is 2. The highest BCUT2D eigenvalue weighted by Crippen LogP contribution is 2.29. The van der Waals surface area contributed by atoms with Crippen LogP contribution in [0.4, 0.5) is 5.82 Å². The van der Waals surface area contributed by atoms with Crippen LogP contribution in [0.1, 0.15) is 16.6 Å². The Morgan fingerprint density at radius 2 is 2.32 bits per heavy atom. The van der Waals surface area contributed by atoms with E-state index >= 15 is 0 Å². The van der Waals surface area contributed by atoms with E-state index in [2.05, 4.69) is 30.6 Å². The maximum atomic E-state index is 4.38. The molecule has 0 aliphatic carbocycles. The van der Waals surface area contributed by atoms with Crippen molar-refractivity contribution in [2.45, 2.75) is 12.6 Å². The lowest BCUT2D eigenvalue weighted by molar-refractivity contribution is 0.578. The predicted molar refractivity (Wildman–Crippen MR) is 74.1 cm³/mol. The van der Waals surface area contributed by atoms with Crippen molar-refractivity contribution in [2.75, 3.05) is 11.9 Å². The van der Waals surface area contributed by atoms with Crippen molar-refractivity contribution in [3.63, 3.8) is 0 Å². The molecule has 0 saturated carbocycles. The highest BCUT2D eigenvalue weighted by atomic mass is 32.1. The minimum absolute atomic E-state index is 0.212. The summed E-state index contributed by atoms with van der Waals surface area (Å²) in [5.74, 6) is 0.860. The Morgan fingerprint density at radius 1 is 1.32 bits per heavy atom. The highest BCUT2D eigenvalue weighted by Gasteiger charge is 2.23. The Hall–Kier alpha value is -1.99. The van der Waals surface area contributed by atoms with E-state index < -0.39 is 0 Å². The van der Waals surface area contributed by atoms with Gasteiger partial charge in [0.2, 0.25) is 0 Å². The van der Waals surface area contributed by atoms with Crippen molar-refractivity contribution in [3.8, 4) is 0 Å². The van der Waals surface area contributed by atoms with Gasteiger partial charge >= 0.3 is 0 Å². The zero-order valence-corrected chi connectivity index (χ0v) is 10.9. The molecule has 0 bridgehead atoms. The summed E-state index contributed by atoms with van der Waals surface area (Å²) in [5, 5.41) is 7.87. The third-order valence-corrected chi connectivity index (χ3v) is 4.28. The molecule has 1 aliphatic heterocycles. The zero-order chi connectivity index (χ0) is 12.7. The van der Waals surface area contributed by atoms with Crippen molar-refractivity contribution in [2.24, 2.45) is 0 Å². The molecule has 1 aliphatic rings. The summed E-state index contributed by atoms with van der Waals surface area (Å²) >= 11 is 1.70. The second-order valence-corrected chi connectivity index (χ2v) is 5.34. The molecule has 0 saturated heterocycles. The summed E-state index contributed by atoms with van der Waals surface area (Å²) < 4.78 is 0. The number of thiazole rings is 1. The van der Waals surface area contributed by atoms with Gasteiger partial charge in [0.25, 0.3) is 0 Å². The van der Waals surface area contributed by atoms with Gasteiger partial charge in [-0.2, -0.15) is 0 Å². The van der Waals surface area contributed by atoms with E-state index in [0.717, 1.165) is 35.6 Å². The van der Waals surface area contributed by atoms with Crippen LogP contribution in [0.2, 0.25) is 0 Å². The summed E-state index contributed by atoms with van der Waals surface area (Å²) in [6.45, 7) is 1.73. The van der Waals surface area contributed by atoms with E-state index in [-0.39, 0.29) is 6.04 Å². The Labute approximate surface area is 113 Å². The third-order valence-electron chi connectivity index (χ3n) is 3.29. The third kappa shape index (κ3) is 1.78. The van der Waals surface area contributed by atoms with Gasteiger partial charge in [0.1, 0.15) is 17.8 Å². The van der Waals surface area contributed by atoms with Gasteiger partial charge in [0.15, 0.2) is 0 Å². The maximum Gasteiger partial charge on any atom is 0.142 e. The van der Waals surface area contributed by atoms with E-state index in [9.17, 15) is 0 Å². The first-order valence-electron chi connectivity index (χ1n) is 6.09. The average Bonchev–Trinajstić information content (AvgIpc) is 3.08. The van der Waals surface area contributed by atoms with Crippen molar-refractivity contribution in [3.05, 3.63) is 34.7 Å². The second kappa shape index (κ2) is 4.29. The van der Waals surface area contributed by atoms with Crippen LogP contribution >= 0.6 is 11.3 Å². The first-order chi connectivity index (χ1) is 9.42. The van der Waals surface area contributed by atoms with Gasteiger partial charge in [-0.25, -0.2) is 15.0 Å². The Balaban J connectivity index is 1.71. The molecule has 4 rings (SSSR count). The van der Waals surface area contributed by atoms with Gasteiger partial charge in [-0.1, -0.05) is 0 Å². The number of aromatic nitrogens is 4. The molecular weight excluding hydrogens is 260 g/mol. The molecule has 0 radical (unpaired) electrons. The summed E-state index contributed by atoms with van der Waals surface area (Å²) in [4.78, 5) is 17.3. The van der Waals surface area contributed by atoms with Gasteiger partial charge in [-0.15, -0.1) is 11.3 Å². The zero-order valence-electron chi connectivity index (χ0n) is 10.1. The van der Waals surface area contributed by atoms with Crippen molar-refractivity contribution >= 4 is 28.2 Å². The Morgan fingerprint density at radius 3 is 3.32 bits per heavy atom. The van der Waals surface area contributed by atoms with Gasteiger partial charge in [0.05, 0.1) is 27.5 Å². The Kier molecular flexibility index (Phi) is 2.46. The summed E-state index contributed by atoms with van der Waals surface area (Å²) in [7, 11) is 0. The molecule has 19 heavy (non-hydrogen) atoms. The largest absolute Gasteiger partial charge is 0.360 e. The summed E-state index contributed by atoms with van der Waals surface area (Å²) in [5.41, 5.74) is 3.89. The molecule has 0 unspecified atom stereocenters. The molecule has 4 heterocycles. The average molecular weight is 272 g/mol. The van der Waals surface area contributed by atoms with Crippen LogP contribution in [0.3, 0.4) is 0 Å². The number of hydrogen-bond donors (Lipinski definition) is 3. The van der Waals surface area contributed by atoms with E-state index in [1.807, 2.05) is 17.8 Å². The van der Waals surface area contributed by atoms with Gasteiger partial charge in [0, 0.05) is 19.3 Å². The van der Waals surface area contributed by atoms with E-state index in [1.165, 1.54) is 4.88 Å². The monoisotopic (exact) mass is 272 g/mol. The van der Waals surface area contributed by atoms with Crippen LogP contribution in [-0.4, -0.2) is 26.5 Å². The van der Waals surface area contributed by atoms with E-state index in [0.29, 0.717) is 0 Å². The lowest BCUT2D eigenvalue weighted by Crippen LogP contribution is -2.31. The first-order valence-corrected chi connectivity index (χ1v) is 6.97. The minimum atomic E-state index is 0.212. The molecule has 7 heteroatoms. The molecule has 0 aromatic carbocycles. The van der Waals surface area contributed by atoms with E-state index in [4.69, 9.17) is 0 Å². The number of H-pyrrole nitrogens is 1. The van der Waals surface area contributed by atoms with Crippen LogP contribution in [-0.2, 0) is 6.54 Å². The second-order valence-electron chi connectivity index (χ2n) is 4.45. The Bertz CT molecular complexity index is 718. The highest BCUT2D eigenvalue weighted by molar-refractivity contribution is 7.09. The molecule has 0 spiro atoms. The fourth-order valence-electron chi connectivity index (χ4n) is 2.39. The normalized spacial score (nSPS) is 18.4. The van der Waals surface area contributed by atoms with Crippen LogP contribution in [0.15, 0.2) is 24.1 Å². The number of nitrogens with one attached hydrogen (secondary N) is 3. The van der Waals surface area contributed by atoms with Crippen LogP contribution in [0.25, 0.3) is 11.0 Å². The summed E-state index contributed by atoms with van der Waals surface area (Å²) in [6, 6.07) is 2.20. The molecule has 6 nitrogen and oxygen atoms in total. The molecular formula is C12H12N6S. The topological polar surface area (TPSA) is 78.5 Å². The predicted octanol–water partition coefficient (Wildman–Crippen LogP) is 1.67. The number of anilines is 1. The number of aromatic amines is 1. The standard InChI is InChI=1S/C12H12N6S/c1-2-14-11-7(1)12(16-5-15-11)18-9-4-13-3-8-10(9)19-6-17-8/h1-2,5-6,9,13H,3-4H2,(H2,14,15,16,18)/t9-/m0/s1. The lowest BCUT2D eigenvalue weighted by atomic mass is 10.1. The number of nitrogens with zero attached hydrogens (tertiary/aromatic N) is 3. The van der Waals surface area contributed by atoms with Crippen molar-refractivity contribution in [1.29, 1.82) is 0 Å². The smallest absolute Gasteiger partial charge is 0.142 e. The van der Waals surface area contributed by atoms with Crippen molar-refractivity contribution in [1.82, 2.24) is 25.3 Å². The quantitative estimate of drug-likeness (QED) is 0.661. The van der Waals surface area contributed by atoms with Gasteiger partial charge < -0.3 is 15.6 Å². The van der Waals surface area contributed by atoms with E-state index in [1.54, 1.807) is 17.7 Å². The molecule has 96 valence electrons. The fraction of sp³-hybridized carbons (Fsp3) is 0.250. The minimum Gasteiger partial charge on any atom is -0.360 e. The van der Waals surface area contributed by atoms with Gasteiger partial charge in [-0.05, 0) is 6.07 Å². The van der Waals surface area contributed by atoms with Crippen LogP contribution in [0.5, 0.6) is 0 Å². The summed E-state index contributed by atoms with van der Waals surface area (Å²) in [6.07, 6.45) is 3.45. The van der Waals surface area contributed by atoms with Gasteiger partial charge in [-0.3, -0.25) is 0 Å². The first kappa shape index (κ1) is 10.9. The molecule has 0 fully saturated rings. The van der Waals surface area contributed by atoms with Crippen LogP contribution < -0.4 is 10.6 Å². The molecule has 1 atom stereocenters. The number of hydrogen-bond acceptors (Lipinski definition) is 6.